The van der Waals surface area contributed by atoms with Crippen molar-refractivity contribution in [1.82, 2.24) is 15.0 Å². The Morgan fingerprint density at radius 3 is 2.84 bits per heavy atom. The monoisotopic (exact) mass is 274 g/mol. The summed E-state index contributed by atoms with van der Waals surface area (Å²) >= 11 is 5.98. The molecule has 0 aliphatic heterocycles. The van der Waals surface area contributed by atoms with Gasteiger partial charge in [-0.05, 0) is 24.3 Å². The number of pyridine rings is 1. The van der Waals surface area contributed by atoms with Gasteiger partial charge >= 0.3 is 0 Å². The number of anilines is 1. The smallest absolute Gasteiger partial charge is 0.215 e. The van der Waals surface area contributed by atoms with E-state index in [1.807, 2.05) is 6.07 Å². The van der Waals surface area contributed by atoms with E-state index in [9.17, 15) is 0 Å². The fraction of sp³-hybridized carbons (Fsp3) is 0.0769. The number of aromatic amines is 1. The molecule has 0 spiro atoms. The highest BCUT2D eigenvalue weighted by atomic mass is 35.5. The summed E-state index contributed by atoms with van der Waals surface area (Å²) in [4.78, 5) is 11.8. The van der Waals surface area contributed by atoms with E-state index < -0.39 is 0 Å². The van der Waals surface area contributed by atoms with Gasteiger partial charge in [-0.1, -0.05) is 11.6 Å². The normalized spacial score (nSPS) is 10.8. The van der Waals surface area contributed by atoms with Crippen molar-refractivity contribution in [3.05, 3.63) is 35.4 Å². The third-order valence-corrected chi connectivity index (χ3v) is 3.04. The first kappa shape index (κ1) is 11.8. The molecule has 3 N–H and O–H groups in total. The number of aromatic nitrogens is 3. The van der Waals surface area contributed by atoms with Gasteiger partial charge in [0.15, 0.2) is 5.65 Å². The third kappa shape index (κ3) is 2.08. The summed E-state index contributed by atoms with van der Waals surface area (Å²) in [6, 6.07) is 8.89. The quantitative estimate of drug-likeness (QED) is 0.705. The van der Waals surface area contributed by atoms with Crippen LogP contribution >= 0.6 is 11.6 Å². The lowest BCUT2D eigenvalue weighted by atomic mass is 10.2. The zero-order chi connectivity index (χ0) is 13.4. The second kappa shape index (κ2) is 4.44. The summed E-state index contributed by atoms with van der Waals surface area (Å²) in [6.45, 7) is 0. The zero-order valence-corrected chi connectivity index (χ0v) is 10.9. The average Bonchev–Trinajstić information content (AvgIpc) is 2.83. The van der Waals surface area contributed by atoms with Crippen molar-refractivity contribution >= 4 is 28.5 Å². The highest BCUT2D eigenvalue weighted by Gasteiger charge is 2.10. The van der Waals surface area contributed by atoms with E-state index in [1.54, 1.807) is 31.4 Å². The molecule has 3 rings (SSSR count). The molecule has 6 heteroatoms. The van der Waals surface area contributed by atoms with Crippen LogP contribution in [0.5, 0.6) is 5.88 Å². The maximum atomic E-state index is 5.98. The Morgan fingerprint density at radius 1 is 1.21 bits per heavy atom. The Morgan fingerprint density at radius 2 is 2.05 bits per heavy atom. The number of ether oxygens (including phenoxy) is 1. The first-order valence-electron chi connectivity index (χ1n) is 5.63. The summed E-state index contributed by atoms with van der Waals surface area (Å²) in [6.07, 6.45) is 0. The molecule has 0 saturated carbocycles. The largest absolute Gasteiger partial charge is 0.481 e. The van der Waals surface area contributed by atoms with E-state index in [1.165, 1.54) is 0 Å². The van der Waals surface area contributed by atoms with Crippen LogP contribution in [0.3, 0.4) is 0 Å². The average molecular weight is 275 g/mol. The zero-order valence-electron chi connectivity index (χ0n) is 10.1. The number of nitrogens with zero attached hydrogens (tertiary/aromatic N) is 2. The molecular formula is C13H11ClN4O. The Hall–Kier alpha value is -2.27. The minimum absolute atomic E-state index is 0.518. The lowest BCUT2D eigenvalue weighted by Gasteiger charge is -2.02. The molecule has 2 heterocycles. The van der Waals surface area contributed by atoms with Crippen molar-refractivity contribution in [2.75, 3.05) is 12.8 Å². The minimum atomic E-state index is 0.518. The summed E-state index contributed by atoms with van der Waals surface area (Å²) < 4.78 is 5.07. The van der Waals surface area contributed by atoms with Crippen LogP contribution in [-0.4, -0.2) is 22.1 Å². The van der Waals surface area contributed by atoms with Gasteiger partial charge in [0.25, 0.3) is 0 Å². The SMILES string of the molecule is COc1ccc2[nH]c(-c3cc(Cl)ccc3N)nc2n1. The standard InChI is InChI=1S/C13H11ClN4O/c1-19-11-5-4-10-13(17-11)18-12(16-10)8-6-7(14)2-3-9(8)15/h2-6H,15H2,1H3,(H,16,17,18). The molecule has 0 fully saturated rings. The molecule has 0 aliphatic rings. The van der Waals surface area contributed by atoms with Gasteiger partial charge in [-0.2, -0.15) is 4.98 Å². The number of hydrogen-bond acceptors (Lipinski definition) is 4. The van der Waals surface area contributed by atoms with Crippen molar-refractivity contribution < 1.29 is 4.74 Å². The summed E-state index contributed by atoms with van der Waals surface area (Å²) in [5.41, 5.74) is 8.69. The van der Waals surface area contributed by atoms with Gasteiger partial charge in [0, 0.05) is 22.3 Å². The lowest BCUT2D eigenvalue weighted by molar-refractivity contribution is 0.399. The topological polar surface area (TPSA) is 76.8 Å². The van der Waals surface area contributed by atoms with Gasteiger partial charge in [-0.25, -0.2) is 4.98 Å². The Balaban J connectivity index is 2.17. The van der Waals surface area contributed by atoms with Gasteiger partial charge in [0.1, 0.15) is 5.82 Å². The van der Waals surface area contributed by atoms with Crippen LogP contribution in [0.15, 0.2) is 30.3 Å². The predicted molar refractivity (Wildman–Crippen MR) is 75.3 cm³/mol. The third-order valence-electron chi connectivity index (χ3n) is 2.80. The van der Waals surface area contributed by atoms with Crippen molar-refractivity contribution in [3.8, 4) is 17.3 Å². The number of hydrogen-bond donors (Lipinski definition) is 2. The maximum Gasteiger partial charge on any atom is 0.215 e. The van der Waals surface area contributed by atoms with E-state index in [-0.39, 0.29) is 0 Å². The molecule has 19 heavy (non-hydrogen) atoms. The van der Waals surface area contributed by atoms with Crippen molar-refractivity contribution in [2.24, 2.45) is 0 Å². The van der Waals surface area contributed by atoms with Crippen LogP contribution in [0.2, 0.25) is 5.02 Å². The molecule has 0 bridgehead atoms. The van der Waals surface area contributed by atoms with Crippen LogP contribution in [-0.2, 0) is 0 Å². The van der Waals surface area contributed by atoms with E-state index in [0.29, 0.717) is 28.1 Å². The maximum absolute atomic E-state index is 5.98. The fourth-order valence-corrected chi connectivity index (χ4v) is 2.02. The van der Waals surface area contributed by atoms with Gasteiger partial charge in [0.05, 0.1) is 12.6 Å². The molecule has 1 aromatic carbocycles. The van der Waals surface area contributed by atoms with Crippen LogP contribution in [0.25, 0.3) is 22.6 Å². The molecular weight excluding hydrogens is 264 g/mol. The predicted octanol–water partition coefficient (Wildman–Crippen LogP) is 2.87. The number of imidazole rings is 1. The van der Waals surface area contributed by atoms with E-state index in [2.05, 4.69) is 15.0 Å². The van der Waals surface area contributed by atoms with Gasteiger partial charge in [-0.15, -0.1) is 0 Å². The number of rotatable bonds is 2. The molecule has 0 radical (unpaired) electrons. The van der Waals surface area contributed by atoms with Crippen LogP contribution in [0, 0.1) is 0 Å². The van der Waals surface area contributed by atoms with Crippen LogP contribution in [0.4, 0.5) is 5.69 Å². The summed E-state index contributed by atoms with van der Waals surface area (Å²) in [5, 5.41) is 0.607. The molecule has 0 amide bonds. The summed E-state index contributed by atoms with van der Waals surface area (Å²) in [7, 11) is 1.57. The fourth-order valence-electron chi connectivity index (χ4n) is 1.85. The highest BCUT2D eigenvalue weighted by molar-refractivity contribution is 6.31. The minimum Gasteiger partial charge on any atom is -0.481 e. The van der Waals surface area contributed by atoms with Gasteiger partial charge in [-0.3, -0.25) is 0 Å². The van der Waals surface area contributed by atoms with Gasteiger partial charge in [0.2, 0.25) is 5.88 Å². The molecule has 0 unspecified atom stereocenters. The van der Waals surface area contributed by atoms with Crippen molar-refractivity contribution in [2.45, 2.75) is 0 Å². The molecule has 3 aromatic rings. The van der Waals surface area contributed by atoms with Crippen LogP contribution in [0.1, 0.15) is 0 Å². The van der Waals surface area contributed by atoms with Gasteiger partial charge < -0.3 is 15.5 Å². The number of fused-ring (bicyclic) bond motifs is 1. The number of halogens is 1. The van der Waals surface area contributed by atoms with Crippen molar-refractivity contribution in [1.29, 1.82) is 0 Å². The number of nitrogen functional groups attached to an aromatic ring is 1. The highest BCUT2D eigenvalue weighted by Crippen LogP contribution is 2.28. The van der Waals surface area contributed by atoms with E-state index in [0.717, 1.165) is 11.1 Å². The van der Waals surface area contributed by atoms with Crippen LogP contribution < -0.4 is 10.5 Å². The second-order valence-corrected chi connectivity index (χ2v) is 4.48. The summed E-state index contributed by atoms with van der Waals surface area (Å²) in [5.74, 6) is 1.15. The molecule has 5 nitrogen and oxygen atoms in total. The molecule has 0 atom stereocenters. The number of H-pyrrole nitrogens is 1. The van der Waals surface area contributed by atoms with Crippen molar-refractivity contribution in [3.63, 3.8) is 0 Å². The molecule has 2 aromatic heterocycles. The Bertz CT molecular complexity index is 753. The van der Waals surface area contributed by atoms with E-state index in [4.69, 9.17) is 22.1 Å². The Kier molecular flexibility index (Phi) is 2.76. The number of nitrogens with two attached hydrogens (primary N) is 1. The lowest BCUT2D eigenvalue weighted by Crippen LogP contribution is -1.91. The number of benzene rings is 1. The van der Waals surface area contributed by atoms with E-state index >= 15 is 0 Å². The first-order valence-corrected chi connectivity index (χ1v) is 6.01. The Labute approximate surface area is 114 Å². The number of methoxy groups -OCH3 is 1. The molecule has 0 saturated heterocycles. The second-order valence-electron chi connectivity index (χ2n) is 4.04. The number of nitrogens with one attached hydrogen (secondary N) is 1. The molecule has 96 valence electrons. The first-order chi connectivity index (χ1) is 9.17. The molecule has 0 aliphatic carbocycles.